The highest BCUT2D eigenvalue weighted by Gasteiger charge is 2.41. The third-order valence-corrected chi connectivity index (χ3v) is 3.56. The molecule has 1 heterocycles. The number of esters is 1. The molecule has 0 aromatic carbocycles. The Labute approximate surface area is 113 Å². The van der Waals surface area contributed by atoms with Gasteiger partial charge >= 0.3 is 5.97 Å². The van der Waals surface area contributed by atoms with Crippen LogP contribution in [0.5, 0.6) is 0 Å². The number of carbonyl (C=O) groups excluding carboxylic acids is 1. The first-order valence-electron chi connectivity index (χ1n) is 6.84. The van der Waals surface area contributed by atoms with Gasteiger partial charge < -0.3 is 15.0 Å². The smallest absolute Gasteiger partial charge is 0.326 e. The van der Waals surface area contributed by atoms with E-state index < -0.39 is 5.54 Å². The lowest BCUT2D eigenvalue weighted by molar-refractivity contribution is -0.153. The third-order valence-electron chi connectivity index (χ3n) is 3.56. The third kappa shape index (κ3) is 4.38. The van der Waals surface area contributed by atoms with Crippen LogP contribution in [0.2, 0.25) is 0 Å². The summed E-state index contributed by atoms with van der Waals surface area (Å²) < 4.78 is 5.19. The fourth-order valence-corrected chi connectivity index (χ4v) is 2.36. The minimum absolute atomic E-state index is 0.188. The lowest BCUT2D eigenvalue weighted by Crippen LogP contribution is -2.59. The molecule has 0 aromatic heterocycles. The second kappa shape index (κ2) is 7.99. The van der Waals surface area contributed by atoms with E-state index in [1.165, 1.54) is 0 Å². The molecule has 19 heavy (non-hydrogen) atoms. The van der Waals surface area contributed by atoms with E-state index in [9.17, 15) is 4.79 Å². The number of hydrogen-bond donors (Lipinski definition) is 1. The van der Waals surface area contributed by atoms with Crippen molar-refractivity contribution >= 4 is 5.97 Å². The predicted octanol–water partition coefficient (Wildman–Crippen LogP) is 1.30. The first-order valence-corrected chi connectivity index (χ1v) is 6.84. The molecule has 0 aromatic rings. The van der Waals surface area contributed by atoms with E-state index in [1.54, 1.807) is 0 Å². The summed E-state index contributed by atoms with van der Waals surface area (Å²) in [5.74, 6) is -0.188. The number of rotatable bonds is 7. The van der Waals surface area contributed by atoms with Crippen LogP contribution in [0.1, 0.15) is 26.7 Å². The summed E-state index contributed by atoms with van der Waals surface area (Å²) in [6, 6.07) is 0. The average Bonchev–Trinajstić information content (AvgIpc) is 2.44. The number of azide groups is 1. The first kappa shape index (κ1) is 15.8. The molecule has 0 amide bonds. The maximum Gasteiger partial charge on any atom is 0.326 e. The molecule has 0 bridgehead atoms. The zero-order chi connectivity index (χ0) is 14.1. The van der Waals surface area contributed by atoms with Crippen LogP contribution >= 0.6 is 0 Å². The maximum atomic E-state index is 12.2. The molecule has 108 valence electrons. The fraction of sp³-hybridized carbons (Fsp3) is 0.917. The Hall–Kier alpha value is -1.30. The molecule has 1 aliphatic heterocycles. The van der Waals surface area contributed by atoms with Crippen molar-refractivity contribution in [3.05, 3.63) is 10.4 Å². The summed E-state index contributed by atoms with van der Waals surface area (Å²) in [5, 5.41) is 6.71. The van der Waals surface area contributed by atoms with Gasteiger partial charge in [0, 0.05) is 31.1 Å². The Morgan fingerprint density at radius 1 is 1.47 bits per heavy atom. The molecule has 1 fully saturated rings. The van der Waals surface area contributed by atoms with Crippen LogP contribution in [0.15, 0.2) is 5.11 Å². The number of hydrogen-bond acceptors (Lipinski definition) is 5. The van der Waals surface area contributed by atoms with Crippen molar-refractivity contribution in [2.75, 3.05) is 39.3 Å². The predicted molar refractivity (Wildman–Crippen MR) is 72.7 cm³/mol. The second-order valence-electron chi connectivity index (χ2n) is 4.62. The Morgan fingerprint density at radius 2 is 2.16 bits per heavy atom. The van der Waals surface area contributed by atoms with Crippen molar-refractivity contribution in [1.29, 1.82) is 0 Å². The normalized spacial score (nSPS) is 18.6. The zero-order valence-corrected chi connectivity index (χ0v) is 11.8. The van der Waals surface area contributed by atoms with Crippen molar-refractivity contribution in [3.8, 4) is 0 Å². The van der Waals surface area contributed by atoms with Gasteiger partial charge in [0.2, 0.25) is 0 Å². The van der Waals surface area contributed by atoms with Gasteiger partial charge in [0.05, 0.1) is 6.61 Å². The summed E-state index contributed by atoms with van der Waals surface area (Å²) in [4.78, 5) is 17.2. The molecular weight excluding hydrogens is 246 g/mol. The first-order chi connectivity index (χ1) is 9.18. The average molecular weight is 269 g/mol. The van der Waals surface area contributed by atoms with Gasteiger partial charge in [-0.15, -0.1) is 0 Å². The largest absolute Gasteiger partial charge is 0.465 e. The number of piperidine rings is 1. The molecule has 0 atom stereocenters. The van der Waals surface area contributed by atoms with Crippen LogP contribution in [0.3, 0.4) is 0 Å². The maximum absolute atomic E-state index is 12.2. The van der Waals surface area contributed by atoms with E-state index in [0.717, 1.165) is 32.5 Å². The van der Waals surface area contributed by atoms with Crippen molar-refractivity contribution < 1.29 is 9.53 Å². The highest BCUT2D eigenvalue weighted by atomic mass is 16.5. The fourth-order valence-electron chi connectivity index (χ4n) is 2.36. The van der Waals surface area contributed by atoms with Gasteiger partial charge in [-0.25, -0.2) is 0 Å². The SMILES string of the molecule is CCOC(=O)C1(NCCN=[N+]=[N-])CCN(CC)CC1. The molecule has 7 nitrogen and oxygen atoms in total. The number of likely N-dealkylation sites (tertiary alicyclic amines) is 1. The molecule has 7 heteroatoms. The molecule has 1 N–H and O–H groups in total. The van der Waals surface area contributed by atoms with Crippen LogP contribution in [0.25, 0.3) is 10.4 Å². The molecule has 0 radical (unpaired) electrons. The number of ether oxygens (including phenoxy) is 1. The number of carbonyl (C=O) groups is 1. The van der Waals surface area contributed by atoms with Crippen LogP contribution in [0.4, 0.5) is 0 Å². The van der Waals surface area contributed by atoms with E-state index in [2.05, 4.69) is 27.2 Å². The van der Waals surface area contributed by atoms with Crippen molar-refractivity contribution in [2.45, 2.75) is 32.2 Å². The van der Waals surface area contributed by atoms with Crippen LogP contribution < -0.4 is 5.32 Å². The van der Waals surface area contributed by atoms with Gasteiger partial charge in [-0.2, -0.15) is 0 Å². The summed E-state index contributed by atoms with van der Waals surface area (Å²) >= 11 is 0. The zero-order valence-electron chi connectivity index (χ0n) is 11.8. The van der Waals surface area contributed by atoms with Crippen molar-refractivity contribution in [2.24, 2.45) is 5.11 Å². The highest BCUT2D eigenvalue weighted by Crippen LogP contribution is 2.23. The molecule has 0 spiro atoms. The lowest BCUT2D eigenvalue weighted by atomic mass is 9.87. The van der Waals surface area contributed by atoms with E-state index in [0.29, 0.717) is 19.7 Å². The van der Waals surface area contributed by atoms with Gasteiger partial charge in [-0.3, -0.25) is 4.79 Å². The molecular formula is C12H23N5O2. The monoisotopic (exact) mass is 269 g/mol. The van der Waals surface area contributed by atoms with E-state index in [4.69, 9.17) is 10.3 Å². The summed E-state index contributed by atoms with van der Waals surface area (Å²) in [6.45, 7) is 7.91. The van der Waals surface area contributed by atoms with Gasteiger partial charge in [-0.05, 0) is 31.8 Å². The van der Waals surface area contributed by atoms with Gasteiger partial charge in [0.25, 0.3) is 0 Å². The molecule has 0 aliphatic carbocycles. The quantitative estimate of drug-likeness (QED) is 0.248. The minimum Gasteiger partial charge on any atom is -0.465 e. The van der Waals surface area contributed by atoms with Gasteiger partial charge in [-0.1, -0.05) is 12.0 Å². The molecule has 1 saturated heterocycles. The standard InChI is InChI=1S/C12H23N5O2/c1-3-17-9-5-12(6-10-17,11(18)19-4-2)14-7-8-15-16-13/h14H,3-10H2,1-2H3. The summed E-state index contributed by atoms with van der Waals surface area (Å²) in [7, 11) is 0. The molecule has 0 saturated carbocycles. The number of nitrogens with one attached hydrogen (secondary N) is 1. The number of nitrogens with zero attached hydrogens (tertiary/aromatic N) is 4. The summed E-state index contributed by atoms with van der Waals surface area (Å²) in [6.07, 6.45) is 1.46. The van der Waals surface area contributed by atoms with Gasteiger partial charge in [0.1, 0.15) is 5.54 Å². The Kier molecular flexibility index (Phi) is 6.62. The van der Waals surface area contributed by atoms with E-state index in [1.807, 2.05) is 6.92 Å². The summed E-state index contributed by atoms with van der Waals surface area (Å²) in [5.41, 5.74) is 7.64. The molecule has 1 aliphatic rings. The Balaban J connectivity index is 2.63. The highest BCUT2D eigenvalue weighted by molar-refractivity contribution is 5.81. The van der Waals surface area contributed by atoms with Crippen molar-refractivity contribution in [3.63, 3.8) is 0 Å². The van der Waals surface area contributed by atoms with E-state index in [-0.39, 0.29) is 5.97 Å². The second-order valence-corrected chi connectivity index (χ2v) is 4.62. The van der Waals surface area contributed by atoms with Crippen molar-refractivity contribution in [1.82, 2.24) is 10.2 Å². The Morgan fingerprint density at radius 3 is 2.68 bits per heavy atom. The molecule has 0 unspecified atom stereocenters. The van der Waals surface area contributed by atoms with Gasteiger partial charge in [0.15, 0.2) is 0 Å². The molecule has 1 rings (SSSR count). The Bertz CT molecular complexity index is 333. The van der Waals surface area contributed by atoms with Crippen LogP contribution in [-0.4, -0.2) is 55.7 Å². The van der Waals surface area contributed by atoms with Crippen LogP contribution in [0, 0.1) is 0 Å². The van der Waals surface area contributed by atoms with Crippen LogP contribution in [-0.2, 0) is 9.53 Å². The minimum atomic E-state index is -0.618. The lowest BCUT2D eigenvalue weighted by Gasteiger charge is -2.40. The topological polar surface area (TPSA) is 90.3 Å². The van der Waals surface area contributed by atoms with E-state index >= 15 is 0 Å².